The third-order valence-electron chi connectivity index (χ3n) is 2.55. The van der Waals surface area contributed by atoms with Crippen LogP contribution in [0.1, 0.15) is 18.2 Å². The van der Waals surface area contributed by atoms with Gasteiger partial charge in [-0.25, -0.2) is 4.98 Å². The zero-order valence-electron chi connectivity index (χ0n) is 11.5. The van der Waals surface area contributed by atoms with Crippen LogP contribution in [0.2, 0.25) is 0 Å². The van der Waals surface area contributed by atoms with E-state index in [4.69, 9.17) is 18.0 Å². The summed E-state index contributed by atoms with van der Waals surface area (Å²) in [5.41, 5.74) is 4.60. The van der Waals surface area contributed by atoms with Gasteiger partial charge >= 0.3 is 6.18 Å². The van der Waals surface area contributed by atoms with Gasteiger partial charge < -0.3 is 16.0 Å². The number of thiocarbonyl (C=S) groups is 1. The van der Waals surface area contributed by atoms with Crippen molar-refractivity contribution in [3.05, 3.63) is 23.4 Å². The number of amides is 1. The van der Waals surface area contributed by atoms with E-state index in [1.165, 1.54) is 11.9 Å². The number of rotatable bonds is 5. The van der Waals surface area contributed by atoms with Crippen molar-refractivity contribution in [1.82, 2.24) is 10.3 Å². The maximum absolute atomic E-state index is 12.7. The van der Waals surface area contributed by atoms with Crippen LogP contribution in [0, 0.1) is 0 Å². The van der Waals surface area contributed by atoms with Crippen LogP contribution in [0.5, 0.6) is 0 Å². The van der Waals surface area contributed by atoms with Crippen LogP contribution in [-0.2, 0) is 11.0 Å². The van der Waals surface area contributed by atoms with Gasteiger partial charge in [0.2, 0.25) is 5.91 Å². The molecule has 3 N–H and O–H groups in total. The minimum atomic E-state index is -4.59. The molecule has 1 aromatic heterocycles. The molecule has 21 heavy (non-hydrogen) atoms. The lowest BCUT2D eigenvalue weighted by atomic mass is 10.2. The van der Waals surface area contributed by atoms with Crippen molar-refractivity contribution < 1.29 is 18.0 Å². The molecule has 0 saturated carbocycles. The largest absolute Gasteiger partial charge is 0.433 e. The summed E-state index contributed by atoms with van der Waals surface area (Å²) in [5.74, 6) is -0.420. The molecule has 0 radical (unpaired) electrons. The van der Waals surface area contributed by atoms with Crippen molar-refractivity contribution in [2.24, 2.45) is 5.73 Å². The fraction of sp³-hybridized carbons (Fsp3) is 0.417. The number of anilines is 1. The lowest BCUT2D eigenvalue weighted by Crippen LogP contribution is -2.36. The third kappa shape index (κ3) is 4.55. The number of pyridine rings is 1. The number of nitrogens with one attached hydrogen (secondary N) is 1. The molecule has 0 atom stereocenters. The van der Waals surface area contributed by atoms with Gasteiger partial charge in [-0.3, -0.25) is 4.79 Å². The SMILES string of the molecule is CCNC(=O)CN(C)c1nc(C(F)(F)F)ccc1C(N)=S. The predicted molar refractivity (Wildman–Crippen MR) is 77.1 cm³/mol. The number of aromatic nitrogens is 1. The van der Waals surface area contributed by atoms with Gasteiger partial charge in [-0.2, -0.15) is 13.2 Å². The van der Waals surface area contributed by atoms with Crippen LogP contribution in [0.15, 0.2) is 12.1 Å². The zero-order chi connectivity index (χ0) is 16.2. The van der Waals surface area contributed by atoms with Gasteiger partial charge in [-0.05, 0) is 19.1 Å². The zero-order valence-corrected chi connectivity index (χ0v) is 12.3. The van der Waals surface area contributed by atoms with Gasteiger partial charge in [0.25, 0.3) is 0 Å². The van der Waals surface area contributed by atoms with E-state index in [0.29, 0.717) is 6.54 Å². The van der Waals surface area contributed by atoms with Crippen molar-refractivity contribution >= 4 is 28.9 Å². The Kier molecular flexibility index (Phi) is 5.47. The Labute approximate surface area is 125 Å². The van der Waals surface area contributed by atoms with Crippen LogP contribution in [0.3, 0.4) is 0 Å². The first-order valence-electron chi connectivity index (χ1n) is 6.02. The molecule has 0 saturated heterocycles. The summed E-state index contributed by atoms with van der Waals surface area (Å²) in [7, 11) is 1.44. The monoisotopic (exact) mass is 320 g/mol. The van der Waals surface area contributed by atoms with Gasteiger partial charge in [0.1, 0.15) is 16.5 Å². The number of alkyl halides is 3. The summed E-state index contributed by atoms with van der Waals surface area (Å²) < 4.78 is 38.2. The minimum Gasteiger partial charge on any atom is -0.389 e. The van der Waals surface area contributed by atoms with Crippen molar-refractivity contribution in [3.63, 3.8) is 0 Å². The molecule has 0 aromatic carbocycles. The molecule has 1 amide bonds. The summed E-state index contributed by atoms with van der Waals surface area (Å²) in [6.07, 6.45) is -4.59. The van der Waals surface area contributed by atoms with Gasteiger partial charge in [-0.1, -0.05) is 12.2 Å². The number of carbonyl (C=O) groups excluding carboxylic acids is 1. The van der Waals surface area contributed by atoms with E-state index in [1.54, 1.807) is 6.92 Å². The first-order chi connectivity index (χ1) is 9.66. The highest BCUT2D eigenvalue weighted by Gasteiger charge is 2.33. The van der Waals surface area contributed by atoms with Gasteiger partial charge in [0.05, 0.1) is 12.1 Å². The first-order valence-corrected chi connectivity index (χ1v) is 6.43. The van der Waals surface area contributed by atoms with E-state index in [0.717, 1.165) is 12.1 Å². The molecular formula is C12H15F3N4OS. The molecule has 116 valence electrons. The summed E-state index contributed by atoms with van der Waals surface area (Å²) in [4.78, 5) is 16.2. The topological polar surface area (TPSA) is 71.2 Å². The van der Waals surface area contributed by atoms with Gasteiger partial charge in [0.15, 0.2) is 0 Å². The lowest BCUT2D eigenvalue weighted by Gasteiger charge is -2.21. The number of nitrogens with two attached hydrogens (primary N) is 1. The van der Waals surface area contributed by atoms with Gasteiger partial charge in [-0.15, -0.1) is 0 Å². The maximum atomic E-state index is 12.7. The Bertz CT molecular complexity index is 548. The van der Waals surface area contributed by atoms with Crippen molar-refractivity contribution in [2.45, 2.75) is 13.1 Å². The molecule has 0 spiro atoms. The van der Waals surface area contributed by atoms with E-state index in [1.807, 2.05) is 0 Å². The highest BCUT2D eigenvalue weighted by atomic mass is 32.1. The molecule has 0 fully saturated rings. The van der Waals surface area contributed by atoms with E-state index >= 15 is 0 Å². The standard InChI is InChI=1S/C12H15F3N4OS/c1-3-17-9(20)6-19(2)11-7(10(16)21)4-5-8(18-11)12(13,14)15/h4-5H,3,6H2,1-2H3,(H2,16,21)(H,17,20). The molecule has 1 aromatic rings. The smallest absolute Gasteiger partial charge is 0.389 e. The summed E-state index contributed by atoms with van der Waals surface area (Å²) in [6, 6.07) is 1.96. The fourth-order valence-corrected chi connectivity index (χ4v) is 1.79. The van der Waals surface area contributed by atoms with Crippen LogP contribution >= 0.6 is 12.2 Å². The molecule has 5 nitrogen and oxygen atoms in total. The Morgan fingerprint density at radius 3 is 2.57 bits per heavy atom. The number of likely N-dealkylation sites (N-methyl/N-ethyl adjacent to an activating group) is 2. The number of nitrogens with zero attached hydrogens (tertiary/aromatic N) is 2. The average molecular weight is 320 g/mol. The van der Waals surface area contributed by atoms with Crippen LogP contribution in [0.4, 0.5) is 19.0 Å². The average Bonchev–Trinajstić information content (AvgIpc) is 2.36. The fourth-order valence-electron chi connectivity index (χ4n) is 1.63. The van der Waals surface area contributed by atoms with Crippen LogP contribution in [0.25, 0.3) is 0 Å². The lowest BCUT2D eigenvalue weighted by molar-refractivity contribution is -0.141. The second kappa shape index (κ2) is 6.70. The van der Waals surface area contributed by atoms with E-state index < -0.39 is 11.9 Å². The van der Waals surface area contributed by atoms with Crippen molar-refractivity contribution in [2.75, 3.05) is 25.0 Å². The molecule has 0 unspecified atom stereocenters. The summed E-state index contributed by atoms with van der Waals surface area (Å²) >= 11 is 4.80. The number of hydrogen-bond acceptors (Lipinski definition) is 4. The molecular weight excluding hydrogens is 305 g/mol. The second-order valence-electron chi connectivity index (χ2n) is 4.24. The van der Waals surface area contributed by atoms with Crippen LogP contribution in [-0.4, -0.2) is 36.0 Å². The Morgan fingerprint density at radius 1 is 1.48 bits per heavy atom. The molecule has 0 aliphatic carbocycles. The molecule has 0 aliphatic heterocycles. The number of hydrogen-bond donors (Lipinski definition) is 2. The van der Waals surface area contributed by atoms with E-state index in [2.05, 4.69) is 10.3 Å². The minimum absolute atomic E-state index is 0.0800. The quantitative estimate of drug-likeness (QED) is 0.801. The normalized spacial score (nSPS) is 11.1. The molecule has 1 heterocycles. The number of halogens is 3. The molecule has 0 bridgehead atoms. The Morgan fingerprint density at radius 2 is 2.10 bits per heavy atom. The summed E-state index contributed by atoms with van der Waals surface area (Å²) in [5, 5.41) is 2.55. The highest BCUT2D eigenvalue weighted by molar-refractivity contribution is 7.80. The predicted octanol–water partition coefficient (Wildman–Crippen LogP) is 1.31. The van der Waals surface area contributed by atoms with Crippen molar-refractivity contribution in [3.8, 4) is 0 Å². The maximum Gasteiger partial charge on any atom is 0.433 e. The molecule has 1 rings (SSSR count). The number of carbonyl (C=O) groups is 1. The summed E-state index contributed by atoms with van der Waals surface area (Å²) in [6.45, 7) is 2.00. The Balaban J connectivity index is 3.17. The molecule has 0 aliphatic rings. The molecule has 9 heteroatoms. The van der Waals surface area contributed by atoms with Gasteiger partial charge in [0, 0.05) is 13.6 Å². The highest BCUT2D eigenvalue weighted by Crippen LogP contribution is 2.30. The Hall–Kier alpha value is -1.90. The van der Waals surface area contributed by atoms with E-state index in [9.17, 15) is 18.0 Å². The first kappa shape index (κ1) is 17.2. The second-order valence-corrected chi connectivity index (χ2v) is 4.68. The van der Waals surface area contributed by atoms with Crippen LogP contribution < -0.4 is 16.0 Å². The third-order valence-corrected chi connectivity index (χ3v) is 2.77. The van der Waals surface area contributed by atoms with E-state index in [-0.39, 0.29) is 28.8 Å². The van der Waals surface area contributed by atoms with Crippen molar-refractivity contribution in [1.29, 1.82) is 0 Å².